The van der Waals surface area contributed by atoms with Crippen LogP contribution in [0.25, 0.3) is 0 Å². The van der Waals surface area contributed by atoms with Gasteiger partial charge >= 0.3 is 0 Å². The highest BCUT2D eigenvalue weighted by Gasteiger charge is 2.33. The van der Waals surface area contributed by atoms with Gasteiger partial charge in [-0.1, -0.05) is 13.8 Å². The summed E-state index contributed by atoms with van der Waals surface area (Å²) in [4.78, 5) is 17.5. The monoisotopic (exact) mass is 340 g/mol. The molecule has 2 rings (SSSR count). The van der Waals surface area contributed by atoms with E-state index in [9.17, 15) is 4.79 Å². The Bertz CT molecular complexity index is 375. The highest BCUT2D eigenvalue weighted by molar-refractivity contribution is 5.82. The number of rotatable bonds is 7. The largest absolute Gasteiger partial charge is 0.373 e. The Morgan fingerprint density at radius 2 is 1.83 bits per heavy atom. The van der Waals surface area contributed by atoms with Crippen LogP contribution in [0.1, 0.15) is 34.1 Å². The summed E-state index contributed by atoms with van der Waals surface area (Å²) in [6.45, 7) is 16.3. The highest BCUT2D eigenvalue weighted by Crippen LogP contribution is 2.18. The van der Waals surface area contributed by atoms with Gasteiger partial charge in [0.15, 0.2) is 0 Å². The van der Waals surface area contributed by atoms with E-state index in [4.69, 9.17) is 4.74 Å². The normalized spacial score (nSPS) is 28.0. The summed E-state index contributed by atoms with van der Waals surface area (Å²) in [6.07, 6.45) is 1.40. The number of morpholine rings is 1. The number of nitrogens with one attached hydrogen (secondary N) is 2. The molecule has 3 unspecified atom stereocenters. The average molecular weight is 341 g/mol. The molecule has 2 heterocycles. The fraction of sp³-hybridized carbons (Fsp3) is 0.944. The molecule has 0 bridgehead atoms. The number of carbonyl (C=O) groups excluding carboxylic acids is 1. The van der Waals surface area contributed by atoms with Gasteiger partial charge in [0, 0.05) is 45.8 Å². The number of carbonyl (C=O) groups is 1. The van der Waals surface area contributed by atoms with Crippen LogP contribution >= 0.6 is 0 Å². The van der Waals surface area contributed by atoms with Crippen molar-refractivity contribution in [2.24, 2.45) is 5.92 Å². The first-order valence-corrected chi connectivity index (χ1v) is 9.57. The smallest absolute Gasteiger partial charge is 0.237 e. The zero-order valence-electron chi connectivity index (χ0n) is 15.9. The van der Waals surface area contributed by atoms with E-state index < -0.39 is 0 Å². The molecular weight excluding hydrogens is 304 g/mol. The summed E-state index contributed by atoms with van der Waals surface area (Å²) in [7, 11) is 0. The first kappa shape index (κ1) is 19.6. The van der Waals surface area contributed by atoms with E-state index in [0.29, 0.717) is 5.92 Å². The zero-order valence-corrected chi connectivity index (χ0v) is 15.9. The SMILES string of the molecule is CC1CN(C(C(=O)NCCCN2CCNCC2)C(C)C)CC(C)O1. The highest BCUT2D eigenvalue weighted by atomic mass is 16.5. The molecule has 0 aromatic carbocycles. The lowest BCUT2D eigenvalue weighted by atomic mass is 9.99. The lowest BCUT2D eigenvalue weighted by Crippen LogP contribution is -2.57. The molecule has 1 amide bonds. The van der Waals surface area contributed by atoms with E-state index in [1.54, 1.807) is 0 Å². The van der Waals surface area contributed by atoms with Gasteiger partial charge in [0.25, 0.3) is 0 Å². The predicted molar refractivity (Wildman–Crippen MR) is 97.1 cm³/mol. The van der Waals surface area contributed by atoms with Gasteiger partial charge in [-0.3, -0.25) is 9.69 Å². The van der Waals surface area contributed by atoms with Crippen LogP contribution in [0.5, 0.6) is 0 Å². The molecule has 0 spiro atoms. The van der Waals surface area contributed by atoms with E-state index in [-0.39, 0.29) is 24.2 Å². The van der Waals surface area contributed by atoms with Crippen molar-refractivity contribution in [2.45, 2.75) is 52.4 Å². The lowest BCUT2D eigenvalue weighted by Gasteiger charge is -2.41. The second-order valence-corrected chi connectivity index (χ2v) is 7.64. The predicted octanol–water partition coefficient (Wildman–Crippen LogP) is 0.532. The van der Waals surface area contributed by atoms with Crippen molar-refractivity contribution in [1.82, 2.24) is 20.4 Å². The number of nitrogens with zero attached hydrogens (tertiary/aromatic N) is 2. The van der Waals surface area contributed by atoms with E-state index in [1.807, 2.05) is 0 Å². The van der Waals surface area contributed by atoms with Crippen molar-refractivity contribution in [3.8, 4) is 0 Å². The summed E-state index contributed by atoms with van der Waals surface area (Å²) in [5.41, 5.74) is 0. The molecule has 2 aliphatic heterocycles. The van der Waals surface area contributed by atoms with E-state index >= 15 is 0 Å². The standard InChI is InChI=1S/C18H36N4O2/c1-14(2)17(22-12-15(3)24-16(4)13-22)18(23)20-6-5-9-21-10-7-19-8-11-21/h14-17,19H,5-13H2,1-4H3,(H,20,23). The van der Waals surface area contributed by atoms with Crippen LogP contribution in [-0.2, 0) is 9.53 Å². The Balaban J connectivity index is 1.76. The lowest BCUT2D eigenvalue weighted by molar-refractivity contribution is -0.135. The summed E-state index contributed by atoms with van der Waals surface area (Å²) >= 11 is 0. The van der Waals surface area contributed by atoms with E-state index in [2.05, 4.69) is 48.1 Å². The molecule has 140 valence electrons. The minimum Gasteiger partial charge on any atom is -0.373 e. The summed E-state index contributed by atoms with van der Waals surface area (Å²) in [5.74, 6) is 0.474. The summed E-state index contributed by atoms with van der Waals surface area (Å²) in [5, 5.41) is 6.53. The van der Waals surface area contributed by atoms with Gasteiger partial charge in [-0.15, -0.1) is 0 Å². The maximum atomic E-state index is 12.7. The Kier molecular flexibility index (Phi) is 7.94. The van der Waals surface area contributed by atoms with Gasteiger partial charge in [0.2, 0.25) is 5.91 Å². The van der Waals surface area contributed by atoms with Crippen LogP contribution in [0, 0.1) is 5.92 Å². The quantitative estimate of drug-likeness (QED) is 0.662. The molecule has 6 heteroatoms. The van der Waals surface area contributed by atoms with Crippen molar-refractivity contribution in [2.75, 3.05) is 52.4 Å². The molecular formula is C18H36N4O2. The van der Waals surface area contributed by atoms with Crippen LogP contribution < -0.4 is 10.6 Å². The Morgan fingerprint density at radius 3 is 2.42 bits per heavy atom. The van der Waals surface area contributed by atoms with Gasteiger partial charge in [-0.05, 0) is 32.7 Å². The molecule has 2 fully saturated rings. The topological polar surface area (TPSA) is 56.8 Å². The third-order valence-corrected chi connectivity index (χ3v) is 4.90. The fourth-order valence-electron chi connectivity index (χ4n) is 3.89. The maximum Gasteiger partial charge on any atom is 0.237 e. The third kappa shape index (κ3) is 5.99. The minimum atomic E-state index is -0.0574. The van der Waals surface area contributed by atoms with E-state index in [1.165, 1.54) is 0 Å². The van der Waals surface area contributed by atoms with Crippen LogP contribution in [0.3, 0.4) is 0 Å². The molecule has 0 radical (unpaired) electrons. The van der Waals surface area contributed by atoms with Crippen LogP contribution in [-0.4, -0.2) is 86.3 Å². The molecule has 2 saturated heterocycles. The molecule has 6 nitrogen and oxygen atoms in total. The Morgan fingerprint density at radius 1 is 1.21 bits per heavy atom. The van der Waals surface area contributed by atoms with Crippen LogP contribution in [0.15, 0.2) is 0 Å². The van der Waals surface area contributed by atoms with E-state index in [0.717, 1.165) is 58.8 Å². The number of hydrogen-bond acceptors (Lipinski definition) is 5. The van der Waals surface area contributed by atoms with Crippen LogP contribution in [0.2, 0.25) is 0 Å². The van der Waals surface area contributed by atoms with Crippen molar-refractivity contribution in [3.63, 3.8) is 0 Å². The van der Waals surface area contributed by atoms with Crippen molar-refractivity contribution in [1.29, 1.82) is 0 Å². The maximum absolute atomic E-state index is 12.7. The van der Waals surface area contributed by atoms with Crippen LogP contribution in [0.4, 0.5) is 0 Å². The third-order valence-electron chi connectivity index (χ3n) is 4.90. The average Bonchev–Trinajstić information content (AvgIpc) is 2.51. The molecule has 2 aliphatic rings. The molecule has 0 saturated carbocycles. The number of amides is 1. The molecule has 0 aliphatic carbocycles. The van der Waals surface area contributed by atoms with Gasteiger partial charge in [-0.25, -0.2) is 0 Å². The van der Waals surface area contributed by atoms with Gasteiger partial charge in [0.05, 0.1) is 18.2 Å². The molecule has 3 atom stereocenters. The van der Waals surface area contributed by atoms with Gasteiger partial charge in [-0.2, -0.15) is 0 Å². The first-order chi connectivity index (χ1) is 11.5. The molecule has 24 heavy (non-hydrogen) atoms. The number of piperazine rings is 1. The first-order valence-electron chi connectivity index (χ1n) is 9.57. The van der Waals surface area contributed by atoms with Crippen molar-refractivity contribution in [3.05, 3.63) is 0 Å². The van der Waals surface area contributed by atoms with Crippen molar-refractivity contribution >= 4 is 5.91 Å². The molecule has 0 aromatic rings. The Hall–Kier alpha value is -0.690. The molecule has 2 N–H and O–H groups in total. The Labute approximate surface area is 147 Å². The number of hydrogen-bond donors (Lipinski definition) is 2. The summed E-state index contributed by atoms with van der Waals surface area (Å²) in [6, 6.07) is -0.0574. The van der Waals surface area contributed by atoms with Gasteiger partial charge < -0.3 is 20.3 Å². The minimum absolute atomic E-state index is 0.0574. The molecule has 0 aromatic heterocycles. The second-order valence-electron chi connectivity index (χ2n) is 7.64. The van der Waals surface area contributed by atoms with Crippen molar-refractivity contribution < 1.29 is 9.53 Å². The van der Waals surface area contributed by atoms with Gasteiger partial charge in [0.1, 0.15) is 0 Å². The summed E-state index contributed by atoms with van der Waals surface area (Å²) < 4.78 is 5.81. The zero-order chi connectivity index (χ0) is 17.5. The fourth-order valence-corrected chi connectivity index (χ4v) is 3.89. The number of ether oxygens (including phenoxy) is 1. The second kappa shape index (κ2) is 9.70.